The zero-order valence-electron chi connectivity index (χ0n) is 8.58. The molecule has 0 spiro atoms. The van der Waals surface area contributed by atoms with Crippen LogP contribution in [0.5, 0.6) is 0 Å². The van der Waals surface area contributed by atoms with Crippen LogP contribution in [0.15, 0.2) is 0 Å². The maximum atomic E-state index is 5.83. The summed E-state index contributed by atoms with van der Waals surface area (Å²) in [7, 11) is 0. The molecule has 4 unspecified atom stereocenters. The Morgan fingerprint density at radius 2 is 2.21 bits per heavy atom. The molecule has 3 aliphatic rings. The minimum atomic E-state index is 0.565. The Kier molecular flexibility index (Phi) is 2.48. The third-order valence-corrected chi connectivity index (χ3v) is 3.83. The molecule has 0 aliphatic carbocycles. The quantitative estimate of drug-likeness (QED) is 0.730. The van der Waals surface area contributed by atoms with Crippen molar-refractivity contribution >= 4 is 0 Å². The van der Waals surface area contributed by atoms with Crippen molar-refractivity contribution in [3.63, 3.8) is 0 Å². The molecule has 0 radical (unpaired) electrons. The highest BCUT2D eigenvalue weighted by molar-refractivity contribution is 4.91. The minimum Gasteiger partial charge on any atom is -0.380 e. The Morgan fingerprint density at radius 1 is 1.21 bits per heavy atom. The van der Waals surface area contributed by atoms with Gasteiger partial charge in [0.2, 0.25) is 0 Å². The fraction of sp³-hybridized carbons (Fsp3) is 1.00. The van der Waals surface area contributed by atoms with Gasteiger partial charge in [0.15, 0.2) is 0 Å². The molecule has 3 saturated heterocycles. The van der Waals surface area contributed by atoms with E-state index in [1.165, 1.54) is 25.7 Å². The minimum absolute atomic E-state index is 0.565. The first kappa shape index (κ1) is 9.13. The van der Waals surface area contributed by atoms with Gasteiger partial charge >= 0.3 is 0 Å². The van der Waals surface area contributed by atoms with E-state index in [2.05, 4.69) is 5.32 Å². The number of hydrogen-bond donors (Lipinski definition) is 1. The van der Waals surface area contributed by atoms with Crippen LogP contribution in [0.25, 0.3) is 0 Å². The van der Waals surface area contributed by atoms with Crippen molar-refractivity contribution < 1.29 is 9.47 Å². The summed E-state index contributed by atoms with van der Waals surface area (Å²) >= 11 is 0. The lowest BCUT2D eigenvalue weighted by molar-refractivity contribution is 0.0917. The number of nitrogens with one attached hydrogen (secondary N) is 1. The third kappa shape index (κ3) is 1.69. The van der Waals surface area contributed by atoms with Crippen LogP contribution in [-0.4, -0.2) is 38.0 Å². The lowest BCUT2D eigenvalue weighted by atomic mass is 9.89. The average molecular weight is 197 g/mol. The zero-order valence-corrected chi connectivity index (χ0v) is 8.58. The molecule has 4 atom stereocenters. The Balaban J connectivity index is 1.44. The van der Waals surface area contributed by atoms with E-state index in [1.807, 2.05) is 0 Å². The van der Waals surface area contributed by atoms with Crippen molar-refractivity contribution in [3.8, 4) is 0 Å². The smallest absolute Gasteiger partial charge is 0.0621 e. The normalized spacial score (nSPS) is 46.3. The average Bonchev–Trinajstić information content (AvgIpc) is 2.91. The molecule has 3 rings (SSSR count). The van der Waals surface area contributed by atoms with Crippen LogP contribution in [-0.2, 0) is 9.47 Å². The van der Waals surface area contributed by atoms with Crippen LogP contribution < -0.4 is 5.32 Å². The maximum Gasteiger partial charge on any atom is 0.0621 e. The van der Waals surface area contributed by atoms with Gasteiger partial charge in [-0.05, 0) is 25.7 Å². The van der Waals surface area contributed by atoms with Crippen LogP contribution in [0.3, 0.4) is 0 Å². The molecular weight excluding hydrogens is 178 g/mol. The first-order valence-corrected chi connectivity index (χ1v) is 5.88. The van der Waals surface area contributed by atoms with Crippen LogP contribution in [0.2, 0.25) is 0 Å². The van der Waals surface area contributed by atoms with Gasteiger partial charge in [-0.3, -0.25) is 0 Å². The number of fused-ring (bicyclic) bond motifs is 2. The zero-order chi connectivity index (χ0) is 9.38. The fourth-order valence-corrected chi connectivity index (χ4v) is 2.97. The molecule has 0 amide bonds. The molecule has 3 aliphatic heterocycles. The van der Waals surface area contributed by atoms with Gasteiger partial charge in [0.05, 0.1) is 18.8 Å². The molecule has 3 heteroatoms. The molecule has 80 valence electrons. The summed E-state index contributed by atoms with van der Waals surface area (Å²) in [6, 6.07) is 0.606. The summed E-state index contributed by atoms with van der Waals surface area (Å²) in [5.41, 5.74) is 0. The van der Waals surface area contributed by atoms with E-state index >= 15 is 0 Å². The van der Waals surface area contributed by atoms with Crippen LogP contribution >= 0.6 is 0 Å². The van der Waals surface area contributed by atoms with E-state index in [1.54, 1.807) is 0 Å². The molecule has 2 bridgehead atoms. The first-order chi connectivity index (χ1) is 6.92. The molecule has 0 aromatic heterocycles. The largest absolute Gasteiger partial charge is 0.380 e. The Labute approximate surface area is 85.1 Å². The van der Waals surface area contributed by atoms with Crippen LogP contribution in [0.4, 0.5) is 0 Å². The van der Waals surface area contributed by atoms with Gasteiger partial charge in [0.25, 0.3) is 0 Å². The first-order valence-electron chi connectivity index (χ1n) is 5.88. The Bertz CT molecular complexity index is 203. The molecule has 3 fully saturated rings. The van der Waals surface area contributed by atoms with Gasteiger partial charge in [0.1, 0.15) is 0 Å². The summed E-state index contributed by atoms with van der Waals surface area (Å²) in [5, 5.41) is 3.60. The van der Waals surface area contributed by atoms with Crippen molar-refractivity contribution in [1.82, 2.24) is 5.32 Å². The van der Waals surface area contributed by atoms with Gasteiger partial charge < -0.3 is 14.8 Å². The highest BCUT2D eigenvalue weighted by atomic mass is 16.5. The topological polar surface area (TPSA) is 30.5 Å². The molecule has 3 nitrogen and oxygen atoms in total. The van der Waals surface area contributed by atoms with Crippen molar-refractivity contribution in [2.24, 2.45) is 5.92 Å². The van der Waals surface area contributed by atoms with E-state index < -0.39 is 0 Å². The summed E-state index contributed by atoms with van der Waals surface area (Å²) in [6.45, 7) is 2.97. The summed E-state index contributed by atoms with van der Waals surface area (Å²) in [4.78, 5) is 0. The van der Waals surface area contributed by atoms with Crippen molar-refractivity contribution in [2.75, 3.05) is 19.8 Å². The highest BCUT2D eigenvalue weighted by Gasteiger charge is 2.40. The lowest BCUT2D eigenvalue weighted by Gasteiger charge is -2.20. The van der Waals surface area contributed by atoms with Gasteiger partial charge in [-0.2, -0.15) is 0 Å². The molecular formula is C11H19NO2. The van der Waals surface area contributed by atoms with Gasteiger partial charge in [-0.15, -0.1) is 0 Å². The summed E-state index contributed by atoms with van der Waals surface area (Å²) in [6.07, 6.45) is 6.21. The third-order valence-electron chi connectivity index (χ3n) is 3.83. The SMILES string of the molecule is C1CC(NCC2CC3CCC2O3)CO1. The lowest BCUT2D eigenvalue weighted by Crippen LogP contribution is -2.36. The molecule has 1 N–H and O–H groups in total. The van der Waals surface area contributed by atoms with Gasteiger partial charge in [0, 0.05) is 25.1 Å². The fourth-order valence-electron chi connectivity index (χ4n) is 2.97. The number of ether oxygens (including phenoxy) is 2. The van der Waals surface area contributed by atoms with E-state index in [-0.39, 0.29) is 0 Å². The van der Waals surface area contributed by atoms with E-state index in [0.29, 0.717) is 18.2 Å². The number of rotatable bonds is 3. The van der Waals surface area contributed by atoms with Gasteiger partial charge in [-0.1, -0.05) is 0 Å². The second-order valence-electron chi connectivity index (χ2n) is 4.84. The van der Waals surface area contributed by atoms with Crippen LogP contribution in [0.1, 0.15) is 25.7 Å². The predicted molar refractivity (Wildman–Crippen MR) is 53.2 cm³/mol. The van der Waals surface area contributed by atoms with E-state index in [4.69, 9.17) is 9.47 Å². The van der Waals surface area contributed by atoms with Crippen molar-refractivity contribution in [3.05, 3.63) is 0 Å². The number of hydrogen-bond acceptors (Lipinski definition) is 3. The van der Waals surface area contributed by atoms with Crippen molar-refractivity contribution in [1.29, 1.82) is 0 Å². The predicted octanol–water partition coefficient (Wildman–Crippen LogP) is 0.932. The monoisotopic (exact) mass is 197 g/mol. The second kappa shape index (κ2) is 3.80. The Hall–Kier alpha value is -0.120. The van der Waals surface area contributed by atoms with Crippen molar-refractivity contribution in [2.45, 2.75) is 43.9 Å². The summed E-state index contributed by atoms with van der Waals surface area (Å²) < 4.78 is 11.2. The van der Waals surface area contributed by atoms with E-state index in [0.717, 1.165) is 25.7 Å². The summed E-state index contributed by atoms with van der Waals surface area (Å²) in [5.74, 6) is 0.773. The molecule has 14 heavy (non-hydrogen) atoms. The molecule has 0 saturated carbocycles. The molecule has 3 heterocycles. The highest BCUT2D eigenvalue weighted by Crippen LogP contribution is 2.38. The molecule has 0 aromatic rings. The van der Waals surface area contributed by atoms with Crippen LogP contribution in [0, 0.1) is 5.92 Å². The van der Waals surface area contributed by atoms with E-state index in [9.17, 15) is 0 Å². The maximum absolute atomic E-state index is 5.83. The van der Waals surface area contributed by atoms with Gasteiger partial charge in [-0.25, -0.2) is 0 Å². The standard InChI is InChI=1S/C11H19NO2/c1-2-11-8(5-10(1)14-11)6-12-9-3-4-13-7-9/h8-12H,1-7H2. The molecule has 0 aromatic carbocycles. The second-order valence-corrected chi connectivity index (χ2v) is 4.84. The Morgan fingerprint density at radius 3 is 2.86 bits per heavy atom.